The predicted molar refractivity (Wildman–Crippen MR) is 77.4 cm³/mol. The van der Waals surface area contributed by atoms with Gasteiger partial charge in [-0.1, -0.05) is 12.1 Å². The molecular formula is C16H20N2O. The van der Waals surface area contributed by atoms with Gasteiger partial charge in [0.05, 0.1) is 5.56 Å². The van der Waals surface area contributed by atoms with Crippen molar-refractivity contribution < 1.29 is 4.79 Å². The van der Waals surface area contributed by atoms with Crippen molar-refractivity contribution in [3.05, 3.63) is 35.5 Å². The third-order valence-corrected chi connectivity index (χ3v) is 4.25. The minimum atomic E-state index is 0.160. The van der Waals surface area contributed by atoms with Gasteiger partial charge in [-0.3, -0.25) is 4.79 Å². The Kier molecular flexibility index (Phi) is 2.85. The van der Waals surface area contributed by atoms with E-state index in [1.807, 2.05) is 17.2 Å². The zero-order valence-electron chi connectivity index (χ0n) is 11.7. The molecule has 0 radical (unpaired) electrons. The normalized spacial score (nSPS) is 23.2. The summed E-state index contributed by atoms with van der Waals surface area (Å²) in [6, 6.07) is 6.88. The molecule has 1 amide bonds. The van der Waals surface area contributed by atoms with Gasteiger partial charge in [-0.05, 0) is 45.2 Å². The summed E-state index contributed by atoms with van der Waals surface area (Å²) in [7, 11) is 0. The fourth-order valence-electron chi connectivity index (χ4n) is 3.15. The van der Waals surface area contributed by atoms with Crippen LogP contribution in [0.2, 0.25) is 0 Å². The minimum absolute atomic E-state index is 0.160. The lowest BCUT2D eigenvalue weighted by Crippen LogP contribution is -2.38. The maximum atomic E-state index is 12.7. The number of rotatable bonds is 1. The van der Waals surface area contributed by atoms with E-state index in [1.54, 1.807) is 0 Å². The van der Waals surface area contributed by atoms with Gasteiger partial charge in [0.15, 0.2) is 0 Å². The Morgan fingerprint density at radius 3 is 2.63 bits per heavy atom. The van der Waals surface area contributed by atoms with Crippen molar-refractivity contribution in [3.63, 3.8) is 0 Å². The molecule has 3 heteroatoms. The second kappa shape index (κ2) is 4.41. The summed E-state index contributed by atoms with van der Waals surface area (Å²) in [6.45, 7) is 6.34. The van der Waals surface area contributed by atoms with E-state index < -0.39 is 0 Å². The number of aryl methyl sites for hydroxylation is 1. The summed E-state index contributed by atoms with van der Waals surface area (Å²) < 4.78 is 0. The molecule has 2 atom stereocenters. The van der Waals surface area contributed by atoms with Gasteiger partial charge >= 0.3 is 0 Å². The molecule has 1 saturated heterocycles. The number of amides is 1. The molecule has 100 valence electrons. The van der Waals surface area contributed by atoms with E-state index in [-0.39, 0.29) is 5.91 Å². The Balaban J connectivity index is 2.02. The Morgan fingerprint density at radius 1 is 1.26 bits per heavy atom. The number of carbonyl (C=O) groups excluding carboxylic acids is 1. The Bertz CT molecular complexity index is 619. The number of carbonyl (C=O) groups is 1. The van der Waals surface area contributed by atoms with Crippen LogP contribution in [0.5, 0.6) is 0 Å². The summed E-state index contributed by atoms with van der Waals surface area (Å²) in [5, 5.41) is 1.03. The first-order valence-corrected chi connectivity index (χ1v) is 6.98. The molecule has 0 aliphatic carbocycles. The Morgan fingerprint density at radius 2 is 1.95 bits per heavy atom. The standard InChI is InChI=1S/C16H20N2O/c1-10-4-7-13-14(9-17-15(13)8-10)16(19)18-11(2)5-6-12(18)3/h4,7-9,11-12,17H,5-6H2,1-3H3. The maximum absolute atomic E-state index is 12.7. The van der Waals surface area contributed by atoms with Crippen molar-refractivity contribution >= 4 is 16.8 Å². The first-order chi connectivity index (χ1) is 9.08. The van der Waals surface area contributed by atoms with Gasteiger partial charge in [-0.2, -0.15) is 0 Å². The highest BCUT2D eigenvalue weighted by molar-refractivity contribution is 6.07. The number of fused-ring (bicyclic) bond motifs is 1. The summed E-state index contributed by atoms with van der Waals surface area (Å²) in [5.74, 6) is 0.160. The average molecular weight is 256 g/mol. The zero-order valence-corrected chi connectivity index (χ0v) is 11.7. The highest BCUT2D eigenvalue weighted by atomic mass is 16.2. The molecule has 2 heterocycles. The molecule has 2 aromatic rings. The topological polar surface area (TPSA) is 36.1 Å². The highest BCUT2D eigenvalue weighted by Crippen LogP contribution is 2.28. The van der Waals surface area contributed by atoms with Crippen LogP contribution in [0.3, 0.4) is 0 Å². The third-order valence-electron chi connectivity index (χ3n) is 4.25. The van der Waals surface area contributed by atoms with Crippen molar-refractivity contribution in [2.45, 2.75) is 45.7 Å². The van der Waals surface area contributed by atoms with Crippen LogP contribution in [0.25, 0.3) is 10.9 Å². The van der Waals surface area contributed by atoms with E-state index in [0.29, 0.717) is 12.1 Å². The van der Waals surface area contributed by atoms with E-state index in [4.69, 9.17) is 0 Å². The van der Waals surface area contributed by atoms with Gasteiger partial charge in [-0.25, -0.2) is 0 Å². The summed E-state index contributed by atoms with van der Waals surface area (Å²) >= 11 is 0. The molecule has 1 fully saturated rings. The van der Waals surface area contributed by atoms with Crippen LogP contribution < -0.4 is 0 Å². The minimum Gasteiger partial charge on any atom is -0.360 e. The summed E-state index contributed by atoms with van der Waals surface area (Å²) in [5.41, 5.74) is 3.05. The molecular weight excluding hydrogens is 236 g/mol. The number of nitrogens with one attached hydrogen (secondary N) is 1. The molecule has 3 rings (SSSR count). The largest absolute Gasteiger partial charge is 0.360 e. The molecule has 1 aliphatic heterocycles. The van der Waals surface area contributed by atoms with E-state index in [1.165, 1.54) is 5.56 Å². The molecule has 2 unspecified atom stereocenters. The third kappa shape index (κ3) is 1.93. The van der Waals surface area contributed by atoms with Gasteiger partial charge in [-0.15, -0.1) is 0 Å². The molecule has 0 bridgehead atoms. The number of benzene rings is 1. The fourth-order valence-corrected chi connectivity index (χ4v) is 3.15. The van der Waals surface area contributed by atoms with Gasteiger partial charge < -0.3 is 9.88 Å². The van der Waals surface area contributed by atoms with Crippen LogP contribution >= 0.6 is 0 Å². The lowest BCUT2D eigenvalue weighted by Gasteiger charge is -2.26. The quantitative estimate of drug-likeness (QED) is 0.833. The van der Waals surface area contributed by atoms with E-state index in [2.05, 4.69) is 37.9 Å². The Labute approximate surface area is 113 Å². The monoisotopic (exact) mass is 256 g/mol. The number of H-pyrrole nitrogens is 1. The zero-order chi connectivity index (χ0) is 13.6. The molecule has 1 aromatic heterocycles. The van der Waals surface area contributed by atoms with Crippen molar-refractivity contribution in [1.29, 1.82) is 0 Å². The lowest BCUT2D eigenvalue weighted by molar-refractivity contribution is 0.0695. The van der Waals surface area contributed by atoms with Crippen LogP contribution in [-0.4, -0.2) is 27.9 Å². The summed E-state index contributed by atoms with van der Waals surface area (Å²) in [6.07, 6.45) is 4.06. The molecule has 0 saturated carbocycles. The fraction of sp³-hybridized carbons (Fsp3) is 0.438. The van der Waals surface area contributed by atoms with Gasteiger partial charge in [0.1, 0.15) is 0 Å². The number of hydrogen-bond acceptors (Lipinski definition) is 1. The van der Waals surface area contributed by atoms with Crippen LogP contribution in [0.15, 0.2) is 24.4 Å². The SMILES string of the molecule is Cc1ccc2c(C(=O)N3C(C)CCC3C)c[nH]c2c1. The average Bonchev–Trinajstić information content (AvgIpc) is 2.92. The second-order valence-electron chi connectivity index (χ2n) is 5.74. The van der Waals surface area contributed by atoms with Crippen LogP contribution in [-0.2, 0) is 0 Å². The number of aromatic nitrogens is 1. The van der Waals surface area contributed by atoms with Crippen molar-refractivity contribution in [2.75, 3.05) is 0 Å². The lowest BCUT2D eigenvalue weighted by atomic mass is 10.1. The van der Waals surface area contributed by atoms with E-state index in [0.717, 1.165) is 29.3 Å². The first-order valence-electron chi connectivity index (χ1n) is 6.98. The number of nitrogens with zero attached hydrogens (tertiary/aromatic N) is 1. The van der Waals surface area contributed by atoms with Crippen LogP contribution in [0, 0.1) is 6.92 Å². The maximum Gasteiger partial charge on any atom is 0.256 e. The van der Waals surface area contributed by atoms with Crippen molar-refractivity contribution in [2.24, 2.45) is 0 Å². The van der Waals surface area contributed by atoms with Crippen LogP contribution in [0.1, 0.15) is 42.6 Å². The number of likely N-dealkylation sites (tertiary alicyclic amines) is 1. The second-order valence-corrected chi connectivity index (χ2v) is 5.74. The van der Waals surface area contributed by atoms with Crippen molar-refractivity contribution in [3.8, 4) is 0 Å². The molecule has 1 N–H and O–H groups in total. The highest BCUT2D eigenvalue weighted by Gasteiger charge is 2.32. The number of aromatic amines is 1. The number of hydrogen-bond donors (Lipinski definition) is 1. The van der Waals surface area contributed by atoms with Gasteiger partial charge in [0.25, 0.3) is 5.91 Å². The van der Waals surface area contributed by atoms with Gasteiger partial charge in [0, 0.05) is 29.2 Å². The smallest absolute Gasteiger partial charge is 0.256 e. The molecule has 1 aliphatic rings. The van der Waals surface area contributed by atoms with E-state index >= 15 is 0 Å². The molecule has 3 nitrogen and oxygen atoms in total. The van der Waals surface area contributed by atoms with Crippen molar-refractivity contribution in [1.82, 2.24) is 9.88 Å². The predicted octanol–water partition coefficient (Wildman–Crippen LogP) is 3.49. The summed E-state index contributed by atoms with van der Waals surface area (Å²) in [4.78, 5) is 18.0. The van der Waals surface area contributed by atoms with E-state index in [9.17, 15) is 4.79 Å². The molecule has 1 aromatic carbocycles. The first kappa shape index (κ1) is 12.3. The van der Waals surface area contributed by atoms with Crippen LogP contribution in [0.4, 0.5) is 0 Å². The Hall–Kier alpha value is -1.77. The molecule has 0 spiro atoms. The van der Waals surface area contributed by atoms with Gasteiger partial charge in [0.2, 0.25) is 0 Å². The molecule has 19 heavy (non-hydrogen) atoms.